The zero-order chi connectivity index (χ0) is 14.5. The fourth-order valence-electron chi connectivity index (χ4n) is 1.92. The minimum atomic E-state index is -0.107. The minimum absolute atomic E-state index is 0.107. The second-order valence-corrected chi connectivity index (χ2v) is 6.02. The van der Waals surface area contributed by atoms with Crippen LogP contribution in [0.25, 0.3) is 11.5 Å². The summed E-state index contributed by atoms with van der Waals surface area (Å²) in [5.41, 5.74) is 0.859. The number of hydrogen-bond donors (Lipinski definition) is 0. The van der Waals surface area contributed by atoms with Crippen LogP contribution in [0, 0.1) is 0 Å². The van der Waals surface area contributed by atoms with Gasteiger partial charge < -0.3 is 13.9 Å². The Morgan fingerprint density at radius 1 is 1.14 bits per heavy atom. The summed E-state index contributed by atoms with van der Waals surface area (Å²) < 4.78 is 16.6. The van der Waals surface area contributed by atoms with Crippen molar-refractivity contribution in [3.05, 3.63) is 29.3 Å². The van der Waals surface area contributed by atoms with E-state index in [0.717, 1.165) is 37.4 Å². The largest absolute Gasteiger partial charge is 0.411 e. The molecule has 3 rings (SSSR count). The molecule has 1 fully saturated rings. The second kappa shape index (κ2) is 7.26. The molecule has 112 valence electrons. The molecule has 5 nitrogen and oxygen atoms in total. The first-order valence-electron chi connectivity index (χ1n) is 6.77. The number of rotatable bonds is 5. The van der Waals surface area contributed by atoms with Crippen molar-refractivity contribution < 1.29 is 13.9 Å². The molecule has 0 saturated carbocycles. The SMILES string of the molecule is Clc1ccc(-c2nnc(SCCC3OCCCO3)o2)cc1. The van der Waals surface area contributed by atoms with Crippen LogP contribution in [0.2, 0.25) is 5.02 Å². The van der Waals surface area contributed by atoms with E-state index in [2.05, 4.69) is 10.2 Å². The van der Waals surface area contributed by atoms with Gasteiger partial charge in [0.15, 0.2) is 6.29 Å². The Labute approximate surface area is 132 Å². The van der Waals surface area contributed by atoms with Crippen LogP contribution in [0.1, 0.15) is 12.8 Å². The van der Waals surface area contributed by atoms with Gasteiger partial charge in [-0.3, -0.25) is 0 Å². The topological polar surface area (TPSA) is 57.4 Å². The van der Waals surface area contributed by atoms with Gasteiger partial charge in [-0.25, -0.2) is 0 Å². The van der Waals surface area contributed by atoms with Gasteiger partial charge in [-0.2, -0.15) is 0 Å². The Kier molecular flexibility index (Phi) is 5.13. The molecule has 0 spiro atoms. The van der Waals surface area contributed by atoms with Crippen molar-refractivity contribution in [1.29, 1.82) is 0 Å². The van der Waals surface area contributed by atoms with Crippen LogP contribution in [0.4, 0.5) is 0 Å². The van der Waals surface area contributed by atoms with Crippen molar-refractivity contribution in [3.8, 4) is 11.5 Å². The molecule has 21 heavy (non-hydrogen) atoms. The van der Waals surface area contributed by atoms with E-state index in [0.29, 0.717) is 16.1 Å². The van der Waals surface area contributed by atoms with Crippen LogP contribution in [-0.4, -0.2) is 35.5 Å². The number of aromatic nitrogens is 2. The average molecular weight is 327 g/mol. The zero-order valence-corrected chi connectivity index (χ0v) is 12.9. The van der Waals surface area contributed by atoms with Gasteiger partial charge in [0.1, 0.15) is 0 Å². The van der Waals surface area contributed by atoms with E-state index < -0.39 is 0 Å². The summed E-state index contributed by atoms with van der Waals surface area (Å²) in [6, 6.07) is 7.30. The number of benzene rings is 1. The monoisotopic (exact) mass is 326 g/mol. The fourth-order valence-corrected chi connectivity index (χ4v) is 2.77. The predicted molar refractivity (Wildman–Crippen MR) is 80.4 cm³/mol. The van der Waals surface area contributed by atoms with Crippen molar-refractivity contribution in [3.63, 3.8) is 0 Å². The van der Waals surface area contributed by atoms with E-state index in [1.54, 1.807) is 12.1 Å². The molecule has 7 heteroatoms. The molecule has 1 saturated heterocycles. The van der Waals surface area contributed by atoms with E-state index in [4.69, 9.17) is 25.5 Å². The molecule has 0 N–H and O–H groups in total. The van der Waals surface area contributed by atoms with Gasteiger partial charge in [-0.15, -0.1) is 10.2 Å². The molecule has 1 aromatic carbocycles. The molecular weight excluding hydrogens is 312 g/mol. The molecule has 1 aromatic heterocycles. The molecular formula is C14H15ClN2O3S. The highest BCUT2D eigenvalue weighted by Gasteiger charge is 2.15. The van der Waals surface area contributed by atoms with Crippen molar-refractivity contribution in [1.82, 2.24) is 10.2 Å². The first-order valence-corrected chi connectivity index (χ1v) is 8.13. The second-order valence-electron chi connectivity index (χ2n) is 4.54. The lowest BCUT2D eigenvalue weighted by Gasteiger charge is -2.22. The Hall–Kier alpha value is -1.08. The minimum Gasteiger partial charge on any atom is -0.411 e. The molecule has 1 aliphatic rings. The normalized spacial score (nSPS) is 16.2. The van der Waals surface area contributed by atoms with Crippen LogP contribution in [0.3, 0.4) is 0 Å². The fraction of sp³-hybridized carbons (Fsp3) is 0.429. The van der Waals surface area contributed by atoms with Crippen molar-refractivity contribution in [2.75, 3.05) is 19.0 Å². The molecule has 0 unspecified atom stereocenters. The Morgan fingerprint density at radius 2 is 1.90 bits per heavy atom. The Bertz CT molecular complexity index is 570. The summed E-state index contributed by atoms with van der Waals surface area (Å²) in [4.78, 5) is 0. The lowest BCUT2D eigenvalue weighted by atomic mass is 10.2. The first-order chi connectivity index (χ1) is 10.3. The number of ether oxygens (including phenoxy) is 2. The van der Waals surface area contributed by atoms with Gasteiger partial charge in [-0.1, -0.05) is 23.4 Å². The molecule has 1 aliphatic heterocycles. The molecule has 0 amide bonds. The van der Waals surface area contributed by atoms with Crippen LogP contribution in [0.15, 0.2) is 33.9 Å². The summed E-state index contributed by atoms with van der Waals surface area (Å²) in [6.07, 6.45) is 1.67. The molecule has 0 bridgehead atoms. The maximum absolute atomic E-state index is 5.85. The van der Waals surface area contributed by atoms with Crippen LogP contribution >= 0.6 is 23.4 Å². The van der Waals surface area contributed by atoms with Gasteiger partial charge in [-0.05, 0) is 30.7 Å². The lowest BCUT2D eigenvalue weighted by molar-refractivity contribution is -0.178. The quantitative estimate of drug-likeness (QED) is 0.782. The van der Waals surface area contributed by atoms with E-state index in [-0.39, 0.29) is 6.29 Å². The van der Waals surface area contributed by atoms with Gasteiger partial charge >= 0.3 is 0 Å². The summed E-state index contributed by atoms with van der Waals surface area (Å²) in [5.74, 6) is 1.31. The molecule has 2 aromatic rings. The van der Waals surface area contributed by atoms with Crippen LogP contribution < -0.4 is 0 Å². The number of thioether (sulfide) groups is 1. The summed E-state index contributed by atoms with van der Waals surface area (Å²) in [6.45, 7) is 1.55. The molecule has 0 atom stereocenters. The standard InChI is InChI=1S/C14H15ClN2O3S/c15-11-4-2-10(3-5-11)13-16-17-14(20-13)21-9-6-12-18-7-1-8-19-12/h2-5,12H,1,6-9H2. The van der Waals surface area contributed by atoms with Crippen molar-refractivity contribution in [2.24, 2.45) is 0 Å². The summed E-state index contributed by atoms with van der Waals surface area (Å²) in [7, 11) is 0. The third-order valence-electron chi connectivity index (χ3n) is 2.97. The predicted octanol–water partition coefficient (Wildman–Crippen LogP) is 3.64. The molecule has 2 heterocycles. The third kappa shape index (κ3) is 4.20. The van der Waals surface area contributed by atoms with Gasteiger partial charge in [0.2, 0.25) is 5.89 Å². The van der Waals surface area contributed by atoms with E-state index in [1.165, 1.54) is 11.8 Å². The van der Waals surface area contributed by atoms with E-state index >= 15 is 0 Å². The maximum atomic E-state index is 5.85. The molecule has 0 radical (unpaired) electrons. The van der Waals surface area contributed by atoms with Gasteiger partial charge in [0, 0.05) is 22.8 Å². The lowest BCUT2D eigenvalue weighted by Crippen LogP contribution is -2.25. The average Bonchev–Trinajstić information content (AvgIpc) is 2.98. The Balaban J connectivity index is 1.51. The van der Waals surface area contributed by atoms with Gasteiger partial charge in [0.25, 0.3) is 5.22 Å². The van der Waals surface area contributed by atoms with E-state index in [9.17, 15) is 0 Å². The molecule has 0 aliphatic carbocycles. The summed E-state index contributed by atoms with van der Waals surface area (Å²) in [5, 5.41) is 9.30. The van der Waals surface area contributed by atoms with Crippen LogP contribution in [-0.2, 0) is 9.47 Å². The number of halogens is 1. The highest BCUT2D eigenvalue weighted by atomic mass is 35.5. The number of hydrogen-bond acceptors (Lipinski definition) is 6. The third-order valence-corrected chi connectivity index (χ3v) is 4.08. The number of nitrogens with zero attached hydrogens (tertiary/aromatic N) is 2. The Morgan fingerprint density at radius 3 is 2.67 bits per heavy atom. The summed E-state index contributed by atoms with van der Waals surface area (Å²) >= 11 is 7.36. The maximum Gasteiger partial charge on any atom is 0.276 e. The van der Waals surface area contributed by atoms with Crippen LogP contribution in [0.5, 0.6) is 0 Å². The van der Waals surface area contributed by atoms with Gasteiger partial charge in [0.05, 0.1) is 13.2 Å². The van der Waals surface area contributed by atoms with E-state index in [1.807, 2.05) is 12.1 Å². The first kappa shape index (κ1) is 14.8. The highest BCUT2D eigenvalue weighted by Crippen LogP contribution is 2.25. The van der Waals surface area contributed by atoms with Crippen molar-refractivity contribution >= 4 is 23.4 Å². The highest BCUT2D eigenvalue weighted by molar-refractivity contribution is 7.99. The van der Waals surface area contributed by atoms with Crippen molar-refractivity contribution in [2.45, 2.75) is 24.4 Å². The smallest absolute Gasteiger partial charge is 0.276 e. The zero-order valence-electron chi connectivity index (χ0n) is 11.3.